The molecule has 0 aromatic heterocycles. The number of hydrogen-bond acceptors (Lipinski definition) is 1. The predicted molar refractivity (Wildman–Crippen MR) is 93.1 cm³/mol. The number of quaternary nitrogens is 1. The Morgan fingerprint density at radius 3 is 1.64 bits per heavy atom. The van der Waals surface area contributed by atoms with Crippen LogP contribution >= 0.6 is 0 Å². The normalized spacial score (nSPS) is 10.2. The minimum absolute atomic E-state index is 0. The first kappa shape index (κ1) is 26.4. The largest absolute Gasteiger partial charge is 1.00 e. The average Bonchev–Trinajstić information content (AvgIpc) is 2.43. The molecule has 0 aliphatic rings. The van der Waals surface area contributed by atoms with E-state index in [9.17, 15) is 4.79 Å². The highest BCUT2D eigenvalue weighted by molar-refractivity contribution is 5.66. The molecule has 3 nitrogen and oxygen atoms in total. The first-order chi connectivity index (χ1) is 9.77. The second-order valence-corrected chi connectivity index (χ2v) is 5.73. The average molecular weight is 336 g/mol. The summed E-state index contributed by atoms with van der Waals surface area (Å²) >= 11 is 0. The van der Waals surface area contributed by atoms with Gasteiger partial charge in [0.25, 0.3) is 0 Å². The molecule has 5 N–H and O–H groups in total. The number of aliphatic carboxylic acids is 1. The predicted octanol–water partition coefficient (Wildman–Crippen LogP) is 3.49. The SMILES string of the molecule is CCCCCCCCC=CCCCCCCCC(=O)O.[Cl-].[NH4+]. The number of halogens is 1. The van der Waals surface area contributed by atoms with Crippen molar-refractivity contribution < 1.29 is 22.3 Å². The van der Waals surface area contributed by atoms with Gasteiger partial charge in [0, 0.05) is 6.42 Å². The lowest BCUT2D eigenvalue weighted by Crippen LogP contribution is -3.00. The van der Waals surface area contributed by atoms with E-state index in [1.807, 2.05) is 0 Å². The van der Waals surface area contributed by atoms with Gasteiger partial charge >= 0.3 is 5.97 Å². The summed E-state index contributed by atoms with van der Waals surface area (Å²) in [7, 11) is 0. The van der Waals surface area contributed by atoms with Crippen molar-refractivity contribution in [2.24, 2.45) is 0 Å². The van der Waals surface area contributed by atoms with Gasteiger partial charge in [-0.15, -0.1) is 0 Å². The van der Waals surface area contributed by atoms with Gasteiger partial charge < -0.3 is 23.7 Å². The lowest BCUT2D eigenvalue weighted by atomic mass is 10.1. The molecule has 0 spiro atoms. The summed E-state index contributed by atoms with van der Waals surface area (Å²) in [6, 6.07) is 0. The molecule has 134 valence electrons. The molecule has 0 aromatic carbocycles. The van der Waals surface area contributed by atoms with E-state index in [2.05, 4.69) is 19.1 Å². The van der Waals surface area contributed by atoms with Gasteiger partial charge in [-0.25, -0.2) is 0 Å². The molecule has 0 heterocycles. The smallest absolute Gasteiger partial charge is 0.303 e. The summed E-state index contributed by atoms with van der Waals surface area (Å²) in [6.45, 7) is 2.26. The standard InChI is InChI=1S/C18H34O2.ClH.H3N/c1-2-3-4-5-6-7-8-9-10-11-12-13-14-15-16-17-18(19)20;;/h9-10H,2-8,11-17H2,1H3,(H,19,20);1H;1H3. The van der Waals surface area contributed by atoms with E-state index < -0.39 is 5.97 Å². The Morgan fingerprint density at radius 2 is 1.18 bits per heavy atom. The van der Waals surface area contributed by atoms with E-state index in [4.69, 9.17) is 5.11 Å². The van der Waals surface area contributed by atoms with Crippen molar-refractivity contribution >= 4 is 5.97 Å². The topological polar surface area (TPSA) is 73.8 Å². The summed E-state index contributed by atoms with van der Waals surface area (Å²) in [5.74, 6) is -0.664. The monoisotopic (exact) mass is 335 g/mol. The zero-order chi connectivity index (χ0) is 14.9. The molecule has 0 aromatic rings. The molecule has 0 saturated heterocycles. The van der Waals surface area contributed by atoms with Gasteiger partial charge in [0.05, 0.1) is 0 Å². The van der Waals surface area contributed by atoms with Gasteiger partial charge in [-0.05, 0) is 32.1 Å². The number of allylic oxidation sites excluding steroid dienone is 2. The van der Waals surface area contributed by atoms with E-state index in [1.54, 1.807) is 0 Å². The van der Waals surface area contributed by atoms with Gasteiger partial charge in [-0.1, -0.05) is 70.4 Å². The molecule has 0 aliphatic heterocycles. The molecule has 0 unspecified atom stereocenters. The fourth-order valence-corrected chi connectivity index (χ4v) is 2.35. The zero-order valence-electron chi connectivity index (χ0n) is 14.8. The van der Waals surface area contributed by atoms with Crippen molar-refractivity contribution in [3.05, 3.63) is 12.2 Å². The molecular formula is C18H38ClNO2. The number of carbonyl (C=O) groups is 1. The second-order valence-electron chi connectivity index (χ2n) is 5.73. The Kier molecular flexibility index (Phi) is 27.2. The molecule has 0 saturated carbocycles. The Bertz CT molecular complexity index is 245. The van der Waals surface area contributed by atoms with Crippen molar-refractivity contribution in [3.63, 3.8) is 0 Å². The maximum Gasteiger partial charge on any atom is 0.303 e. The molecule has 4 heteroatoms. The van der Waals surface area contributed by atoms with Gasteiger partial charge in [0.15, 0.2) is 0 Å². The molecule has 0 bridgehead atoms. The van der Waals surface area contributed by atoms with Crippen LogP contribution in [0.5, 0.6) is 0 Å². The maximum atomic E-state index is 10.3. The number of unbranched alkanes of at least 4 members (excludes halogenated alkanes) is 11. The van der Waals surface area contributed by atoms with Crippen LogP contribution in [0.2, 0.25) is 0 Å². The van der Waals surface area contributed by atoms with Crippen molar-refractivity contribution in [1.82, 2.24) is 6.15 Å². The Hall–Kier alpha value is -0.540. The molecular weight excluding hydrogens is 298 g/mol. The first-order valence-corrected chi connectivity index (χ1v) is 8.64. The van der Waals surface area contributed by atoms with Crippen LogP contribution in [0.3, 0.4) is 0 Å². The summed E-state index contributed by atoms with van der Waals surface area (Å²) in [5, 5.41) is 8.51. The fraction of sp³-hybridized carbons (Fsp3) is 0.833. The van der Waals surface area contributed by atoms with Gasteiger partial charge in [0.2, 0.25) is 0 Å². The Morgan fingerprint density at radius 1 is 0.773 bits per heavy atom. The zero-order valence-corrected chi connectivity index (χ0v) is 15.5. The van der Waals surface area contributed by atoms with Crippen LogP contribution in [-0.2, 0) is 4.79 Å². The Balaban J connectivity index is -0.00000180. The summed E-state index contributed by atoms with van der Waals surface area (Å²) < 4.78 is 0. The van der Waals surface area contributed by atoms with E-state index >= 15 is 0 Å². The summed E-state index contributed by atoms with van der Waals surface area (Å²) in [6.07, 6.45) is 21.2. The first-order valence-electron chi connectivity index (χ1n) is 8.64. The molecule has 0 radical (unpaired) electrons. The molecule has 22 heavy (non-hydrogen) atoms. The van der Waals surface area contributed by atoms with Crippen molar-refractivity contribution in [2.75, 3.05) is 0 Å². The minimum Gasteiger partial charge on any atom is -1.00 e. The number of hydrogen-bond donors (Lipinski definition) is 2. The van der Waals surface area contributed by atoms with E-state index in [1.165, 1.54) is 70.6 Å². The summed E-state index contributed by atoms with van der Waals surface area (Å²) in [5.41, 5.74) is 0. The van der Waals surface area contributed by atoms with Crippen LogP contribution in [0.15, 0.2) is 12.2 Å². The third-order valence-corrected chi connectivity index (χ3v) is 3.65. The van der Waals surface area contributed by atoms with E-state index in [-0.39, 0.29) is 18.6 Å². The third-order valence-electron chi connectivity index (χ3n) is 3.65. The molecule has 0 fully saturated rings. The number of carboxylic acid groups (broad SMARTS) is 1. The van der Waals surface area contributed by atoms with Crippen LogP contribution in [0.1, 0.15) is 96.8 Å². The van der Waals surface area contributed by atoms with Crippen LogP contribution in [0.4, 0.5) is 0 Å². The highest BCUT2D eigenvalue weighted by Crippen LogP contribution is 2.09. The number of carboxylic acids is 1. The summed E-state index contributed by atoms with van der Waals surface area (Å²) in [4.78, 5) is 10.3. The van der Waals surface area contributed by atoms with E-state index in [0.29, 0.717) is 6.42 Å². The number of rotatable bonds is 15. The van der Waals surface area contributed by atoms with Gasteiger partial charge in [-0.2, -0.15) is 0 Å². The van der Waals surface area contributed by atoms with Gasteiger partial charge in [0.1, 0.15) is 0 Å². The molecule has 0 atom stereocenters. The van der Waals surface area contributed by atoms with Crippen molar-refractivity contribution in [2.45, 2.75) is 96.8 Å². The lowest BCUT2D eigenvalue weighted by molar-refractivity contribution is -0.137. The fourth-order valence-electron chi connectivity index (χ4n) is 2.35. The van der Waals surface area contributed by atoms with Crippen molar-refractivity contribution in [3.8, 4) is 0 Å². The van der Waals surface area contributed by atoms with Crippen LogP contribution in [0, 0.1) is 0 Å². The van der Waals surface area contributed by atoms with Crippen LogP contribution < -0.4 is 18.6 Å². The molecule has 0 rings (SSSR count). The van der Waals surface area contributed by atoms with Crippen molar-refractivity contribution in [1.29, 1.82) is 0 Å². The lowest BCUT2D eigenvalue weighted by Gasteiger charge is -1.99. The highest BCUT2D eigenvalue weighted by atomic mass is 35.5. The highest BCUT2D eigenvalue weighted by Gasteiger charge is 1.95. The molecule has 0 amide bonds. The van der Waals surface area contributed by atoms with Crippen LogP contribution in [-0.4, -0.2) is 11.1 Å². The van der Waals surface area contributed by atoms with E-state index in [0.717, 1.165) is 12.8 Å². The molecule has 0 aliphatic carbocycles. The third kappa shape index (κ3) is 24.5. The van der Waals surface area contributed by atoms with Gasteiger partial charge in [-0.3, -0.25) is 4.79 Å². The minimum atomic E-state index is -0.664. The quantitative estimate of drug-likeness (QED) is 0.355. The van der Waals surface area contributed by atoms with Crippen LogP contribution in [0.25, 0.3) is 0 Å². The Labute approximate surface area is 143 Å². The maximum absolute atomic E-state index is 10.3. The second kappa shape index (κ2) is 22.7.